The molecule has 1 aliphatic rings. The van der Waals surface area contributed by atoms with Gasteiger partial charge in [0.1, 0.15) is 22.0 Å². The summed E-state index contributed by atoms with van der Waals surface area (Å²) in [5, 5.41) is 9.11. The smallest absolute Gasteiger partial charge is 0.340 e. The van der Waals surface area contributed by atoms with Crippen molar-refractivity contribution < 1.29 is 22.7 Å². The van der Waals surface area contributed by atoms with Crippen molar-refractivity contribution in [3.05, 3.63) is 17.1 Å². The van der Waals surface area contributed by atoms with Gasteiger partial charge in [-0.2, -0.15) is 0 Å². The van der Waals surface area contributed by atoms with Crippen molar-refractivity contribution in [1.82, 2.24) is 4.72 Å². The van der Waals surface area contributed by atoms with Crippen LogP contribution in [-0.4, -0.2) is 26.0 Å². The Morgan fingerprint density at radius 2 is 1.95 bits per heavy atom. The predicted octanol–water partition coefficient (Wildman–Crippen LogP) is 1.67. The zero-order valence-corrected chi connectivity index (χ0v) is 11.9. The molecule has 1 saturated carbocycles. The molecule has 2 N–H and O–H groups in total. The molecule has 19 heavy (non-hydrogen) atoms. The van der Waals surface area contributed by atoms with Crippen LogP contribution in [0.25, 0.3) is 0 Å². The molecule has 0 spiro atoms. The molecule has 7 heteroatoms. The Morgan fingerprint density at radius 3 is 2.42 bits per heavy atom. The maximum Gasteiger partial charge on any atom is 0.340 e. The molecule has 1 aromatic rings. The van der Waals surface area contributed by atoms with E-state index in [4.69, 9.17) is 9.52 Å². The highest BCUT2D eigenvalue weighted by Crippen LogP contribution is 2.44. The van der Waals surface area contributed by atoms with Crippen LogP contribution < -0.4 is 4.72 Å². The molecule has 2 rings (SSSR count). The first-order valence-electron chi connectivity index (χ1n) is 5.99. The summed E-state index contributed by atoms with van der Waals surface area (Å²) in [7, 11) is -3.86. The van der Waals surface area contributed by atoms with Gasteiger partial charge in [0.2, 0.25) is 10.0 Å². The molecule has 0 atom stereocenters. The summed E-state index contributed by atoms with van der Waals surface area (Å²) in [5.74, 6) is -1.10. The summed E-state index contributed by atoms with van der Waals surface area (Å²) in [4.78, 5) is 10.9. The van der Waals surface area contributed by atoms with Crippen LogP contribution in [0.15, 0.2) is 9.31 Å². The van der Waals surface area contributed by atoms with Gasteiger partial charge < -0.3 is 9.52 Å². The first kappa shape index (κ1) is 14.1. The maximum absolute atomic E-state index is 12.2. The number of furan rings is 1. The highest BCUT2D eigenvalue weighted by molar-refractivity contribution is 7.89. The minimum atomic E-state index is -3.86. The van der Waals surface area contributed by atoms with Crippen LogP contribution in [0, 0.1) is 19.3 Å². The molecule has 0 aromatic carbocycles. The fourth-order valence-electron chi connectivity index (χ4n) is 1.97. The van der Waals surface area contributed by atoms with Gasteiger partial charge in [0.25, 0.3) is 0 Å². The second kappa shape index (κ2) is 4.35. The molecule has 0 radical (unpaired) electrons. The molecule has 6 nitrogen and oxygen atoms in total. The molecule has 0 aliphatic heterocycles. The van der Waals surface area contributed by atoms with Crippen molar-refractivity contribution in [2.45, 2.75) is 38.5 Å². The highest BCUT2D eigenvalue weighted by Gasteiger charge is 2.39. The molecular weight excluding hydrogens is 270 g/mol. The number of aromatic carboxylic acids is 1. The fourth-order valence-corrected chi connectivity index (χ4v) is 3.57. The quantitative estimate of drug-likeness (QED) is 0.858. The number of hydrogen-bond acceptors (Lipinski definition) is 4. The molecule has 0 saturated heterocycles. The second-order valence-electron chi connectivity index (χ2n) is 5.36. The molecule has 0 amide bonds. The zero-order valence-electron chi connectivity index (χ0n) is 11.1. The Balaban J connectivity index is 2.36. The van der Waals surface area contributed by atoms with Gasteiger partial charge in [0, 0.05) is 6.54 Å². The third-order valence-electron chi connectivity index (χ3n) is 3.48. The van der Waals surface area contributed by atoms with E-state index in [0.717, 1.165) is 12.8 Å². The minimum Gasteiger partial charge on any atom is -0.478 e. The monoisotopic (exact) mass is 287 g/mol. The van der Waals surface area contributed by atoms with E-state index >= 15 is 0 Å². The lowest BCUT2D eigenvalue weighted by atomic mass is 10.2. The standard InChI is InChI=1S/C12H17NO5S/c1-7-9(11(14)15)10(8(2)18-7)19(16,17)13-6-12(3)4-5-12/h13H,4-6H2,1-3H3,(H,14,15). The lowest BCUT2D eigenvalue weighted by Crippen LogP contribution is -2.30. The molecule has 1 aromatic heterocycles. The molecule has 0 unspecified atom stereocenters. The fraction of sp³-hybridized carbons (Fsp3) is 0.583. The number of carboxylic acid groups (broad SMARTS) is 1. The number of sulfonamides is 1. The molecule has 1 heterocycles. The Morgan fingerprint density at radius 1 is 1.37 bits per heavy atom. The van der Waals surface area contributed by atoms with Gasteiger partial charge in [0.05, 0.1) is 0 Å². The average Bonchev–Trinajstić information content (AvgIpc) is 2.92. The van der Waals surface area contributed by atoms with E-state index in [0.29, 0.717) is 6.54 Å². The van der Waals surface area contributed by atoms with E-state index < -0.39 is 16.0 Å². The van der Waals surface area contributed by atoms with Crippen LogP contribution in [0.2, 0.25) is 0 Å². The van der Waals surface area contributed by atoms with E-state index in [2.05, 4.69) is 4.72 Å². The number of carboxylic acids is 1. The van der Waals surface area contributed by atoms with E-state index in [1.165, 1.54) is 13.8 Å². The zero-order chi connectivity index (χ0) is 14.4. The van der Waals surface area contributed by atoms with Crippen LogP contribution in [0.3, 0.4) is 0 Å². The number of nitrogens with one attached hydrogen (secondary N) is 1. The van der Waals surface area contributed by atoms with Gasteiger partial charge in [-0.15, -0.1) is 0 Å². The van der Waals surface area contributed by atoms with Gasteiger partial charge in [-0.1, -0.05) is 6.92 Å². The summed E-state index contributed by atoms with van der Waals surface area (Å²) in [6, 6.07) is 0. The number of aryl methyl sites for hydroxylation is 2. The largest absolute Gasteiger partial charge is 0.478 e. The molecule has 1 fully saturated rings. The summed E-state index contributed by atoms with van der Waals surface area (Å²) in [6.45, 7) is 5.20. The summed E-state index contributed by atoms with van der Waals surface area (Å²) in [6.07, 6.45) is 1.95. The van der Waals surface area contributed by atoms with E-state index in [-0.39, 0.29) is 27.4 Å². The average molecular weight is 287 g/mol. The van der Waals surface area contributed by atoms with Gasteiger partial charge in [-0.3, -0.25) is 0 Å². The van der Waals surface area contributed by atoms with E-state index in [9.17, 15) is 13.2 Å². The van der Waals surface area contributed by atoms with Gasteiger partial charge in [-0.25, -0.2) is 17.9 Å². The highest BCUT2D eigenvalue weighted by atomic mass is 32.2. The van der Waals surface area contributed by atoms with Crippen molar-refractivity contribution in [2.75, 3.05) is 6.54 Å². The lowest BCUT2D eigenvalue weighted by molar-refractivity contribution is 0.0691. The van der Waals surface area contributed by atoms with Crippen molar-refractivity contribution in [1.29, 1.82) is 0 Å². The summed E-state index contributed by atoms with van der Waals surface area (Å²) < 4.78 is 32.1. The van der Waals surface area contributed by atoms with Crippen LogP contribution >= 0.6 is 0 Å². The van der Waals surface area contributed by atoms with Crippen molar-refractivity contribution in [3.63, 3.8) is 0 Å². The molecule has 1 aliphatic carbocycles. The minimum absolute atomic E-state index is 0.00312. The molecule has 106 valence electrons. The van der Waals surface area contributed by atoms with Gasteiger partial charge >= 0.3 is 5.97 Å². The number of rotatable bonds is 5. The third kappa shape index (κ3) is 2.66. The molecule has 0 bridgehead atoms. The number of hydrogen-bond donors (Lipinski definition) is 2. The topological polar surface area (TPSA) is 96.6 Å². The van der Waals surface area contributed by atoms with Crippen LogP contribution in [0.1, 0.15) is 41.6 Å². The summed E-state index contributed by atoms with van der Waals surface area (Å²) >= 11 is 0. The van der Waals surface area contributed by atoms with Crippen molar-refractivity contribution in [2.24, 2.45) is 5.41 Å². The third-order valence-corrected chi connectivity index (χ3v) is 5.03. The lowest BCUT2D eigenvalue weighted by Gasteiger charge is -2.10. The second-order valence-corrected chi connectivity index (χ2v) is 7.06. The Labute approximate surface area is 111 Å². The van der Waals surface area contributed by atoms with Gasteiger partial charge in [0.15, 0.2) is 0 Å². The summed E-state index contributed by atoms with van der Waals surface area (Å²) in [5.41, 5.74) is -0.283. The first-order valence-corrected chi connectivity index (χ1v) is 7.47. The SMILES string of the molecule is Cc1oc(C)c(S(=O)(=O)NCC2(C)CC2)c1C(=O)O. The maximum atomic E-state index is 12.2. The number of carbonyl (C=O) groups is 1. The van der Waals surface area contributed by atoms with Crippen LogP contribution in [-0.2, 0) is 10.0 Å². The van der Waals surface area contributed by atoms with Crippen LogP contribution in [0.5, 0.6) is 0 Å². The van der Waals surface area contributed by atoms with Crippen molar-refractivity contribution >= 4 is 16.0 Å². The Bertz CT molecular complexity index is 625. The van der Waals surface area contributed by atoms with E-state index in [1.807, 2.05) is 6.92 Å². The normalized spacial score (nSPS) is 17.4. The van der Waals surface area contributed by atoms with E-state index in [1.54, 1.807) is 0 Å². The Kier molecular flexibility index (Phi) is 3.22. The molecular formula is C12H17NO5S. The first-order chi connectivity index (χ1) is 8.66. The predicted molar refractivity (Wildman–Crippen MR) is 67.7 cm³/mol. The van der Waals surface area contributed by atoms with Gasteiger partial charge in [-0.05, 0) is 32.1 Å². The Hall–Kier alpha value is -1.34. The van der Waals surface area contributed by atoms with Crippen LogP contribution in [0.4, 0.5) is 0 Å². The van der Waals surface area contributed by atoms with Crippen molar-refractivity contribution in [3.8, 4) is 0 Å².